The standard InChI is InChI=1S/C25H33NO5/c1-24(2,3)19-13-17(14-20(22(19)29)25(4,5)6)23(30)26-12-11-16-7-9-18(10-8-16)31-15-21(27)28/h7-10,13-14,29H,11-12,15H2,1-6H3,(H,26,30)(H,27,28). The topological polar surface area (TPSA) is 95.9 Å². The summed E-state index contributed by atoms with van der Waals surface area (Å²) in [6, 6.07) is 10.7. The van der Waals surface area contributed by atoms with Crippen LogP contribution in [-0.2, 0) is 22.0 Å². The van der Waals surface area contributed by atoms with E-state index in [0.717, 1.165) is 16.7 Å². The molecule has 6 heteroatoms. The van der Waals surface area contributed by atoms with Crippen LogP contribution in [0.5, 0.6) is 11.5 Å². The van der Waals surface area contributed by atoms with Crippen molar-refractivity contribution in [2.75, 3.05) is 13.2 Å². The van der Waals surface area contributed by atoms with Gasteiger partial charge in [-0.15, -0.1) is 0 Å². The summed E-state index contributed by atoms with van der Waals surface area (Å²) in [5.74, 6) is -0.465. The lowest BCUT2D eigenvalue weighted by atomic mass is 9.78. The van der Waals surface area contributed by atoms with Crippen molar-refractivity contribution in [2.45, 2.75) is 58.8 Å². The number of carboxylic acids is 1. The molecule has 0 heterocycles. The molecule has 0 aliphatic rings. The van der Waals surface area contributed by atoms with Gasteiger partial charge < -0.3 is 20.3 Å². The fourth-order valence-corrected chi connectivity index (χ4v) is 3.23. The summed E-state index contributed by atoms with van der Waals surface area (Å²) < 4.78 is 5.12. The number of rotatable bonds is 7. The second-order valence-corrected chi connectivity index (χ2v) is 9.75. The maximum absolute atomic E-state index is 12.8. The zero-order valence-electron chi connectivity index (χ0n) is 19.2. The van der Waals surface area contributed by atoms with Crippen LogP contribution in [0, 0.1) is 0 Å². The van der Waals surface area contributed by atoms with Crippen molar-refractivity contribution in [3.05, 3.63) is 58.7 Å². The van der Waals surface area contributed by atoms with E-state index in [0.29, 0.717) is 24.3 Å². The second-order valence-electron chi connectivity index (χ2n) is 9.75. The van der Waals surface area contributed by atoms with Gasteiger partial charge in [0.25, 0.3) is 5.91 Å². The molecule has 31 heavy (non-hydrogen) atoms. The molecule has 1 amide bonds. The number of phenolic OH excluding ortho intramolecular Hbond substituents is 1. The Hall–Kier alpha value is -3.02. The molecule has 0 saturated heterocycles. The van der Waals surface area contributed by atoms with Gasteiger partial charge in [-0.25, -0.2) is 4.79 Å². The van der Waals surface area contributed by atoms with E-state index in [2.05, 4.69) is 5.32 Å². The predicted molar refractivity (Wildman–Crippen MR) is 121 cm³/mol. The van der Waals surface area contributed by atoms with Crippen LogP contribution in [0.2, 0.25) is 0 Å². The molecule has 0 fully saturated rings. The Bertz CT molecular complexity index is 899. The highest BCUT2D eigenvalue weighted by molar-refractivity contribution is 5.95. The average molecular weight is 428 g/mol. The molecule has 0 bridgehead atoms. The molecule has 2 aromatic carbocycles. The number of aromatic hydroxyl groups is 1. The van der Waals surface area contributed by atoms with Crippen LogP contribution in [0.25, 0.3) is 0 Å². The first-order valence-electron chi connectivity index (χ1n) is 10.4. The normalized spacial score (nSPS) is 11.8. The Kier molecular flexibility index (Phi) is 7.37. The predicted octanol–water partition coefficient (Wildman–Crippen LogP) is 4.42. The van der Waals surface area contributed by atoms with E-state index in [1.165, 1.54) is 0 Å². The second kappa shape index (κ2) is 9.41. The molecule has 6 nitrogen and oxygen atoms in total. The van der Waals surface area contributed by atoms with Gasteiger partial charge in [-0.3, -0.25) is 4.79 Å². The zero-order valence-corrected chi connectivity index (χ0v) is 19.2. The van der Waals surface area contributed by atoms with E-state index in [4.69, 9.17) is 9.84 Å². The van der Waals surface area contributed by atoms with Crippen molar-refractivity contribution in [1.82, 2.24) is 5.32 Å². The SMILES string of the molecule is CC(C)(C)c1cc(C(=O)NCCc2ccc(OCC(=O)O)cc2)cc(C(C)(C)C)c1O. The van der Waals surface area contributed by atoms with Crippen LogP contribution in [0.3, 0.4) is 0 Å². The third-order valence-corrected chi connectivity index (χ3v) is 4.97. The van der Waals surface area contributed by atoms with Gasteiger partial charge in [-0.1, -0.05) is 53.7 Å². The molecule has 2 aromatic rings. The van der Waals surface area contributed by atoms with Crippen molar-refractivity contribution in [3.8, 4) is 11.5 Å². The summed E-state index contributed by atoms with van der Waals surface area (Å²) >= 11 is 0. The number of carbonyl (C=O) groups is 2. The van der Waals surface area contributed by atoms with Crippen molar-refractivity contribution >= 4 is 11.9 Å². The van der Waals surface area contributed by atoms with Crippen LogP contribution >= 0.6 is 0 Å². The number of phenols is 1. The maximum atomic E-state index is 12.8. The molecule has 0 aromatic heterocycles. The lowest BCUT2D eigenvalue weighted by molar-refractivity contribution is -0.139. The van der Waals surface area contributed by atoms with Gasteiger partial charge in [0, 0.05) is 23.2 Å². The van der Waals surface area contributed by atoms with Gasteiger partial charge in [-0.05, 0) is 47.1 Å². The number of ether oxygens (including phenoxy) is 1. The highest BCUT2D eigenvalue weighted by Crippen LogP contribution is 2.39. The van der Waals surface area contributed by atoms with Crippen LogP contribution < -0.4 is 10.1 Å². The summed E-state index contributed by atoms with van der Waals surface area (Å²) in [6.07, 6.45) is 0.626. The van der Waals surface area contributed by atoms with Crippen LogP contribution in [-0.4, -0.2) is 35.2 Å². The molecular weight excluding hydrogens is 394 g/mol. The van der Waals surface area contributed by atoms with Gasteiger partial charge in [0.2, 0.25) is 0 Å². The maximum Gasteiger partial charge on any atom is 0.341 e. The Morgan fingerprint density at radius 1 is 0.935 bits per heavy atom. The smallest absolute Gasteiger partial charge is 0.341 e. The molecule has 0 atom stereocenters. The van der Waals surface area contributed by atoms with E-state index in [-0.39, 0.29) is 29.1 Å². The van der Waals surface area contributed by atoms with Gasteiger partial charge in [-0.2, -0.15) is 0 Å². The molecule has 3 N–H and O–H groups in total. The third-order valence-electron chi connectivity index (χ3n) is 4.97. The summed E-state index contributed by atoms with van der Waals surface area (Å²) in [4.78, 5) is 23.4. The van der Waals surface area contributed by atoms with Gasteiger partial charge >= 0.3 is 5.97 Å². The fraction of sp³-hybridized carbons (Fsp3) is 0.440. The lowest BCUT2D eigenvalue weighted by Gasteiger charge is -2.28. The average Bonchev–Trinajstić information content (AvgIpc) is 2.65. The number of amides is 1. The Morgan fingerprint density at radius 2 is 1.45 bits per heavy atom. The monoisotopic (exact) mass is 427 g/mol. The first-order chi connectivity index (χ1) is 14.3. The van der Waals surface area contributed by atoms with Gasteiger partial charge in [0.1, 0.15) is 11.5 Å². The molecule has 0 radical (unpaired) electrons. The number of benzene rings is 2. The minimum Gasteiger partial charge on any atom is -0.507 e. The third kappa shape index (κ3) is 6.74. The zero-order chi connectivity index (χ0) is 23.4. The van der Waals surface area contributed by atoms with E-state index in [1.807, 2.05) is 53.7 Å². The Morgan fingerprint density at radius 3 is 1.90 bits per heavy atom. The van der Waals surface area contributed by atoms with Crippen molar-refractivity contribution in [2.24, 2.45) is 0 Å². The number of hydrogen-bond donors (Lipinski definition) is 3. The molecule has 0 saturated carbocycles. The number of nitrogens with one attached hydrogen (secondary N) is 1. The van der Waals surface area contributed by atoms with E-state index < -0.39 is 5.97 Å². The van der Waals surface area contributed by atoms with E-state index >= 15 is 0 Å². The van der Waals surface area contributed by atoms with Crippen molar-refractivity contribution in [3.63, 3.8) is 0 Å². The Labute approximate surface area is 184 Å². The summed E-state index contributed by atoms with van der Waals surface area (Å²) in [6.45, 7) is 12.2. The number of hydrogen-bond acceptors (Lipinski definition) is 4. The van der Waals surface area contributed by atoms with Gasteiger partial charge in [0.15, 0.2) is 6.61 Å². The molecule has 0 spiro atoms. The highest BCUT2D eigenvalue weighted by atomic mass is 16.5. The summed E-state index contributed by atoms with van der Waals surface area (Å²) in [5, 5.41) is 22.4. The van der Waals surface area contributed by atoms with E-state index in [1.54, 1.807) is 24.3 Å². The number of carbonyl (C=O) groups excluding carboxylic acids is 1. The van der Waals surface area contributed by atoms with Crippen LogP contribution in [0.15, 0.2) is 36.4 Å². The summed E-state index contributed by atoms with van der Waals surface area (Å²) in [5.41, 5.74) is 2.43. The van der Waals surface area contributed by atoms with Crippen LogP contribution in [0.4, 0.5) is 0 Å². The Balaban J connectivity index is 2.09. The minimum atomic E-state index is -1.02. The van der Waals surface area contributed by atoms with Gasteiger partial charge in [0.05, 0.1) is 0 Å². The van der Waals surface area contributed by atoms with Crippen LogP contribution in [0.1, 0.15) is 68.6 Å². The largest absolute Gasteiger partial charge is 0.507 e. The fourth-order valence-electron chi connectivity index (χ4n) is 3.23. The first kappa shape index (κ1) is 24.3. The molecule has 0 unspecified atom stereocenters. The highest BCUT2D eigenvalue weighted by Gasteiger charge is 2.27. The molecular formula is C25H33NO5. The van der Waals surface area contributed by atoms with E-state index in [9.17, 15) is 14.7 Å². The lowest BCUT2D eigenvalue weighted by Crippen LogP contribution is -2.27. The molecule has 2 rings (SSSR count). The van der Waals surface area contributed by atoms with Crippen molar-refractivity contribution < 1.29 is 24.5 Å². The first-order valence-corrected chi connectivity index (χ1v) is 10.4. The molecule has 0 aliphatic heterocycles. The van der Waals surface area contributed by atoms with Crippen molar-refractivity contribution in [1.29, 1.82) is 0 Å². The summed E-state index contributed by atoms with van der Waals surface area (Å²) in [7, 11) is 0. The molecule has 0 aliphatic carbocycles. The minimum absolute atomic E-state index is 0.183. The quantitative estimate of drug-likeness (QED) is 0.608. The number of aliphatic carboxylic acids is 1. The number of carboxylic acid groups (broad SMARTS) is 1. The molecule has 168 valence electrons.